The fourth-order valence-electron chi connectivity index (χ4n) is 2.18. The minimum Gasteiger partial charge on any atom is -0.508 e. The van der Waals surface area contributed by atoms with E-state index in [4.69, 9.17) is 0 Å². The van der Waals surface area contributed by atoms with Crippen molar-refractivity contribution in [3.63, 3.8) is 0 Å². The molecule has 0 aliphatic heterocycles. The number of aromatic hydroxyl groups is 1. The molecule has 0 saturated carbocycles. The van der Waals surface area contributed by atoms with E-state index in [1.54, 1.807) is 6.07 Å². The molecule has 0 fully saturated rings. The maximum Gasteiger partial charge on any atom is 0.134 e. The molecule has 0 aliphatic carbocycles. The van der Waals surface area contributed by atoms with Gasteiger partial charge in [0.1, 0.15) is 17.4 Å². The fourth-order valence-corrected chi connectivity index (χ4v) is 2.18. The van der Waals surface area contributed by atoms with Crippen LogP contribution >= 0.6 is 0 Å². The second-order valence-electron chi connectivity index (χ2n) is 4.57. The van der Waals surface area contributed by atoms with Crippen LogP contribution in [0.5, 0.6) is 5.75 Å². The number of phenols is 1. The van der Waals surface area contributed by atoms with Crippen molar-refractivity contribution in [1.82, 2.24) is 0 Å². The van der Waals surface area contributed by atoms with Crippen molar-refractivity contribution in [2.24, 2.45) is 0 Å². The number of benzene rings is 2. The minimum absolute atomic E-state index is 0.0216. The summed E-state index contributed by atoms with van der Waals surface area (Å²) in [6.07, 6.45) is 1.38. The first-order valence-corrected chi connectivity index (χ1v) is 5.72. The highest BCUT2D eigenvalue weighted by Crippen LogP contribution is 2.35. The smallest absolute Gasteiger partial charge is 0.134 e. The standard InChI is InChI=1S/C15H14F2O/c1-4-10-13(16)7-14(17)12-6-9(18)5-11(8(2)3)15(10)12/h4-8,18H,1H2,2-3H3. The van der Waals surface area contributed by atoms with Gasteiger partial charge in [0.25, 0.3) is 0 Å². The van der Waals surface area contributed by atoms with Gasteiger partial charge < -0.3 is 5.11 Å². The van der Waals surface area contributed by atoms with Crippen molar-refractivity contribution in [3.8, 4) is 5.75 Å². The molecule has 1 N–H and O–H groups in total. The SMILES string of the molecule is C=Cc1c(F)cc(F)c2cc(O)cc(C(C)C)c12. The first kappa shape index (κ1) is 12.6. The number of fused-ring (bicyclic) bond motifs is 1. The van der Waals surface area contributed by atoms with Crippen LogP contribution in [-0.2, 0) is 0 Å². The van der Waals surface area contributed by atoms with Gasteiger partial charge in [-0.15, -0.1) is 0 Å². The molecular weight excluding hydrogens is 234 g/mol. The molecule has 0 spiro atoms. The third-order valence-corrected chi connectivity index (χ3v) is 3.02. The zero-order valence-corrected chi connectivity index (χ0v) is 10.3. The van der Waals surface area contributed by atoms with Crippen LogP contribution in [0.15, 0.2) is 24.8 Å². The van der Waals surface area contributed by atoms with E-state index in [1.807, 2.05) is 13.8 Å². The van der Waals surface area contributed by atoms with E-state index >= 15 is 0 Å². The Morgan fingerprint density at radius 2 is 1.83 bits per heavy atom. The lowest BCUT2D eigenvalue weighted by Crippen LogP contribution is -1.96. The quantitative estimate of drug-likeness (QED) is 0.824. The summed E-state index contributed by atoms with van der Waals surface area (Å²) in [4.78, 5) is 0. The van der Waals surface area contributed by atoms with E-state index in [1.165, 1.54) is 12.1 Å². The molecule has 1 nitrogen and oxygen atoms in total. The Bertz CT molecular complexity index is 630. The molecule has 18 heavy (non-hydrogen) atoms. The van der Waals surface area contributed by atoms with Crippen LogP contribution in [0.4, 0.5) is 8.78 Å². The summed E-state index contributed by atoms with van der Waals surface area (Å²) in [6.45, 7) is 7.38. The third-order valence-electron chi connectivity index (χ3n) is 3.02. The average molecular weight is 248 g/mol. The van der Waals surface area contributed by atoms with E-state index < -0.39 is 11.6 Å². The van der Waals surface area contributed by atoms with E-state index in [2.05, 4.69) is 6.58 Å². The predicted octanol–water partition coefficient (Wildman–Crippen LogP) is 4.59. The topological polar surface area (TPSA) is 20.2 Å². The molecule has 0 atom stereocenters. The lowest BCUT2D eigenvalue weighted by atomic mass is 9.92. The van der Waals surface area contributed by atoms with Gasteiger partial charge in [-0.1, -0.05) is 26.5 Å². The zero-order chi connectivity index (χ0) is 13.4. The number of rotatable bonds is 2. The summed E-state index contributed by atoms with van der Waals surface area (Å²) < 4.78 is 27.6. The third kappa shape index (κ3) is 1.86. The monoisotopic (exact) mass is 248 g/mol. The Labute approximate surface area is 104 Å². The normalized spacial score (nSPS) is 11.2. The van der Waals surface area contributed by atoms with Gasteiger partial charge in [-0.2, -0.15) is 0 Å². The molecule has 94 valence electrons. The van der Waals surface area contributed by atoms with Crippen molar-refractivity contribution in [2.75, 3.05) is 0 Å². The Hall–Kier alpha value is -1.90. The summed E-state index contributed by atoms with van der Waals surface area (Å²) in [5, 5.41) is 10.3. The second kappa shape index (κ2) is 4.41. The van der Waals surface area contributed by atoms with E-state index in [0.717, 1.165) is 6.07 Å². The van der Waals surface area contributed by atoms with Crippen molar-refractivity contribution in [3.05, 3.63) is 47.5 Å². The Morgan fingerprint density at radius 3 is 2.39 bits per heavy atom. The van der Waals surface area contributed by atoms with Gasteiger partial charge in [0, 0.05) is 17.0 Å². The van der Waals surface area contributed by atoms with Gasteiger partial charge in [-0.25, -0.2) is 8.78 Å². The summed E-state index contributed by atoms with van der Waals surface area (Å²) in [5.74, 6) is -1.29. The lowest BCUT2D eigenvalue weighted by molar-refractivity contribution is 0.474. The zero-order valence-electron chi connectivity index (χ0n) is 10.3. The van der Waals surface area contributed by atoms with Crippen LogP contribution < -0.4 is 0 Å². The van der Waals surface area contributed by atoms with Crippen LogP contribution in [-0.4, -0.2) is 5.11 Å². The van der Waals surface area contributed by atoms with Crippen LogP contribution in [0.2, 0.25) is 0 Å². The molecule has 3 heteroatoms. The molecule has 2 aromatic carbocycles. The van der Waals surface area contributed by atoms with E-state index in [0.29, 0.717) is 10.9 Å². The highest BCUT2D eigenvalue weighted by Gasteiger charge is 2.16. The van der Waals surface area contributed by atoms with Gasteiger partial charge in [0.15, 0.2) is 0 Å². The number of hydrogen-bond acceptors (Lipinski definition) is 1. The number of hydrogen-bond donors (Lipinski definition) is 1. The molecule has 2 rings (SSSR count). The number of halogens is 2. The first-order valence-electron chi connectivity index (χ1n) is 5.72. The minimum atomic E-state index is -0.675. The van der Waals surface area contributed by atoms with Crippen LogP contribution in [0, 0.1) is 11.6 Å². The largest absolute Gasteiger partial charge is 0.508 e. The number of phenolic OH excluding ortho intramolecular Hbond substituents is 1. The molecule has 0 bridgehead atoms. The highest BCUT2D eigenvalue weighted by atomic mass is 19.1. The van der Waals surface area contributed by atoms with Crippen LogP contribution in [0.25, 0.3) is 16.8 Å². The molecule has 0 aliphatic rings. The van der Waals surface area contributed by atoms with Gasteiger partial charge in [0.2, 0.25) is 0 Å². The Kier molecular flexibility index (Phi) is 3.07. The molecular formula is C15H14F2O. The second-order valence-corrected chi connectivity index (χ2v) is 4.57. The molecule has 0 saturated heterocycles. The Morgan fingerprint density at radius 1 is 1.17 bits per heavy atom. The molecule has 0 aromatic heterocycles. The predicted molar refractivity (Wildman–Crippen MR) is 69.7 cm³/mol. The summed E-state index contributed by atoms with van der Waals surface area (Å²) >= 11 is 0. The molecule has 0 unspecified atom stereocenters. The van der Waals surface area contributed by atoms with E-state index in [-0.39, 0.29) is 22.6 Å². The highest BCUT2D eigenvalue weighted by molar-refractivity contribution is 5.95. The van der Waals surface area contributed by atoms with Gasteiger partial charge in [0.05, 0.1) is 0 Å². The molecule has 2 aromatic rings. The van der Waals surface area contributed by atoms with Gasteiger partial charge in [-0.3, -0.25) is 0 Å². The molecule has 0 heterocycles. The maximum absolute atomic E-state index is 13.8. The summed E-state index contributed by atoms with van der Waals surface area (Å²) in [5.41, 5.74) is 0.980. The van der Waals surface area contributed by atoms with Crippen molar-refractivity contribution in [2.45, 2.75) is 19.8 Å². The van der Waals surface area contributed by atoms with Gasteiger partial charge in [-0.05, 0) is 29.0 Å². The Balaban J connectivity index is 3.04. The van der Waals surface area contributed by atoms with E-state index in [9.17, 15) is 13.9 Å². The fraction of sp³-hybridized carbons (Fsp3) is 0.200. The average Bonchev–Trinajstić information content (AvgIpc) is 2.29. The summed E-state index contributed by atoms with van der Waals surface area (Å²) in [7, 11) is 0. The van der Waals surface area contributed by atoms with Gasteiger partial charge >= 0.3 is 0 Å². The summed E-state index contributed by atoms with van der Waals surface area (Å²) in [6, 6.07) is 3.67. The van der Waals surface area contributed by atoms with Crippen LogP contribution in [0.1, 0.15) is 30.9 Å². The molecule has 0 radical (unpaired) electrons. The van der Waals surface area contributed by atoms with Crippen molar-refractivity contribution < 1.29 is 13.9 Å². The molecule has 0 amide bonds. The maximum atomic E-state index is 13.8. The van der Waals surface area contributed by atoms with Crippen molar-refractivity contribution >= 4 is 16.8 Å². The first-order chi connectivity index (χ1) is 8.45. The van der Waals surface area contributed by atoms with Crippen LogP contribution in [0.3, 0.4) is 0 Å². The van der Waals surface area contributed by atoms with Crippen molar-refractivity contribution in [1.29, 1.82) is 0 Å². The lowest BCUT2D eigenvalue weighted by Gasteiger charge is -2.14.